The Kier molecular flexibility index (Phi) is 4.39. The number of rotatable bonds is 4. The molecule has 0 heterocycles. The molecule has 1 atom stereocenters. The molecular formula is C13H16INO2. The van der Waals surface area contributed by atoms with Crippen LogP contribution in [0.15, 0.2) is 18.2 Å². The summed E-state index contributed by atoms with van der Waals surface area (Å²) in [5.41, 5.74) is 2.64. The van der Waals surface area contributed by atoms with Gasteiger partial charge in [0.05, 0.1) is 12.6 Å². The highest BCUT2D eigenvalue weighted by molar-refractivity contribution is 14.1. The lowest BCUT2D eigenvalue weighted by atomic mass is 10.1. The first-order valence-corrected chi connectivity index (χ1v) is 6.85. The number of aryl methyl sites for hydroxylation is 1. The number of carbonyl (C=O) groups excluding carboxylic acids is 1. The van der Waals surface area contributed by atoms with Gasteiger partial charge in [-0.25, -0.2) is 0 Å². The van der Waals surface area contributed by atoms with Crippen LogP contribution in [0.1, 0.15) is 30.0 Å². The zero-order valence-corrected chi connectivity index (χ0v) is 12.0. The molecule has 0 bridgehead atoms. The summed E-state index contributed by atoms with van der Waals surface area (Å²) in [6, 6.07) is 6.62. The van der Waals surface area contributed by atoms with Crippen molar-refractivity contribution in [2.45, 2.75) is 25.3 Å². The van der Waals surface area contributed by atoms with Crippen molar-refractivity contribution >= 4 is 28.5 Å². The summed E-state index contributed by atoms with van der Waals surface area (Å²) in [7, 11) is 1.61. The van der Waals surface area contributed by atoms with Gasteiger partial charge in [0.2, 0.25) is 5.91 Å². The fourth-order valence-corrected chi connectivity index (χ4v) is 2.75. The van der Waals surface area contributed by atoms with Crippen molar-refractivity contribution in [3.63, 3.8) is 0 Å². The lowest BCUT2D eigenvalue weighted by Gasteiger charge is -2.14. The number of fused-ring (bicyclic) bond motifs is 1. The molecule has 92 valence electrons. The summed E-state index contributed by atoms with van der Waals surface area (Å²) in [6.07, 6.45) is 2.50. The second-order valence-corrected chi connectivity index (χ2v) is 5.49. The van der Waals surface area contributed by atoms with Crippen molar-refractivity contribution in [1.82, 2.24) is 5.32 Å². The van der Waals surface area contributed by atoms with E-state index in [-0.39, 0.29) is 11.9 Å². The van der Waals surface area contributed by atoms with Crippen LogP contribution in [0.5, 0.6) is 0 Å². The van der Waals surface area contributed by atoms with Gasteiger partial charge in [-0.1, -0.05) is 6.07 Å². The van der Waals surface area contributed by atoms with Crippen LogP contribution < -0.4 is 5.32 Å². The van der Waals surface area contributed by atoms with E-state index in [4.69, 9.17) is 4.74 Å². The Labute approximate surface area is 115 Å². The van der Waals surface area contributed by atoms with Gasteiger partial charge in [-0.15, -0.1) is 0 Å². The first kappa shape index (κ1) is 12.8. The number of carbonyl (C=O) groups is 1. The van der Waals surface area contributed by atoms with Crippen LogP contribution in [0.2, 0.25) is 0 Å². The van der Waals surface area contributed by atoms with Gasteiger partial charge in [-0.2, -0.15) is 0 Å². The summed E-state index contributed by atoms with van der Waals surface area (Å²) in [4.78, 5) is 11.6. The van der Waals surface area contributed by atoms with Crippen molar-refractivity contribution in [2.75, 3.05) is 13.7 Å². The van der Waals surface area contributed by atoms with Crippen LogP contribution in [0.25, 0.3) is 0 Å². The van der Waals surface area contributed by atoms with Crippen LogP contribution in [0.4, 0.5) is 0 Å². The van der Waals surface area contributed by atoms with Gasteiger partial charge in [-0.05, 0) is 58.7 Å². The van der Waals surface area contributed by atoms with Gasteiger partial charge < -0.3 is 10.1 Å². The Morgan fingerprint density at radius 1 is 1.59 bits per heavy atom. The Morgan fingerprint density at radius 3 is 3.18 bits per heavy atom. The second kappa shape index (κ2) is 5.82. The molecule has 0 saturated heterocycles. The molecular weight excluding hydrogens is 329 g/mol. The van der Waals surface area contributed by atoms with E-state index in [1.807, 2.05) is 0 Å². The van der Waals surface area contributed by atoms with E-state index in [9.17, 15) is 4.79 Å². The molecule has 1 amide bonds. The molecule has 0 radical (unpaired) electrons. The van der Waals surface area contributed by atoms with Gasteiger partial charge in [0.25, 0.3) is 0 Å². The largest absolute Gasteiger partial charge is 0.384 e. The molecule has 0 saturated carbocycles. The molecule has 17 heavy (non-hydrogen) atoms. The van der Waals surface area contributed by atoms with Crippen LogP contribution >= 0.6 is 22.6 Å². The molecule has 1 aromatic rings. The number of methoxy groups -OCH3 is 1. The smallest absolute Gasteiger partial charge is 0.222 e. The third kappa shape index (κ3) is 3.19. The van der Waals surface area contributed by atoms with E-state index in [1.165, 1.54) is 14.7 Å². The summed E-state index contributed by atoms with van der Waals surface area (Å²) in [6.45, 7) is 0.484. The maximum absolute atomic E-state index is 11.6. The Bertz CT molecular complexity index is 420. The normalized spacial score (nSPS) is 17.9. The van der Waals surface area contributed by atoms with Crippen molar-refractivity contribution in [1.29, 1.82) is 0 Å². The van der Waals surface area contributed by atoms with E-state index < -0.39 is 0 Å². The lowest BCUT2D eigenvalue weighted by molar-refractivity contribution is -0.122. The van der Waals surface area contributed by atoms with Crippen LogP contribution in [-0.2, 0) is 16.0 Å². The number of halogens is 1. The molecule has 1 aliphatic rings. The molecule has 4 heteroatoms. The van der Waals surface area contributed by atoms with Crippen molar-refractivity contribution in [3.05, 3.63) is 32.9 Å². The van der Waals surface area contributed by atoms with Gasteiger partial charge >= 0.3 is 0 Å². The number of benzene rings is 1. The van der Waals surface area contributed by atoms with Crippen LogP contribution in [-0.4, -0.2) is 19.6 Å². The molecule has 3 nitrogen and oxygen atoms in total. The zero-order valence-electron chi connectivity index (χ0n) is 9.83. The van der Waals surface area contributed by atoms with Gasteiger partial charge in [0.15, 0.2) is 0 Å². The predicted molar refractivity (Wildman–Crippen MR) is 74.9 cm³/mol. The van der Waals surface area contributed by atoms with Crippen LogP contribution in [0, 0.1) is 3.57 Å². The van der Waals surface area contributed by atoms with E-state index in [2.05, 4.69) is 46.1 Å². The Morgan fingerprint density at radius 2 is 2.41 bits per heavy atom. The minimum atomic E-state index is 0.0725. The molecule has 1 N–H and O–H groups in total. The fourth-order valence-electron chi connectivity index (χ4n) is 2.20. The number of nitrogens with one attached hydrogen (secondary N) is 1. The quantitative estimate of drug-likeness (QED) is 0.852. The molecule has 1 unspecified atom stereocenters. The maximum Gasteiger partial charge on any atom is 0.222 e. The van der Waals surface area contributed by atoms with Gasteiger partial charge in [0.1, 0.15) is 0 Å². The van der Waals surface area contributed by atoms with Crippen molar-refractivity contribution in [3.8, 4) is 0 Å². The molecule has 1 aromatic carbocycles. The first-order chi connectivity index (χ1) is 8.20. The first-order valence-electron chi connectivity index (χ1n) is 5.77. The van der Waals surface area contributed by atoms with E-state index in [0.29, 0.717) is 13.0 Å². The van der Waals surface area contributed by atoms with Crippen LogP contribution in [0.3, 0.4) is 0 Å². The molecule has 1 aliphatic carbocycles. The number of hydrogen-bond acceptors (Lipinski definition) is 2. The SMILES string of the molecule is COCCC(=O)NC1CCc2cc(I)ccc21. The fraction of sp³-hybridized carbons (Fsp3) is 0.462. The highest BCUT2D eigenvalue weighted by Gasteiger charge is 2.23. The summed E-state index contributed by atoms with van der Waals surface area (Å²) < 4.78 is 6.16. The maximum atomic E-state index is 11.6. The highest BCUT2D eigenvalue weighted by atomic mass is 127. The minimum Gasteiger partial charge on any atom is -0.384 e. The van der Waals surface area contributed by atoms with E-state index in [0.717, 1.165) is 12.8 Å². The summed E-state index contributed by atoms with van der Waals surface area (Å²) >= 11 is 2.32. The molecule has 0 aliphatic heterocycles. The van der Waals surface area contributed by atoms with Crippen molar-refractivity contribution in [2.24, 2.45) is 0 Å². The van der Waals surface area contributed by atoms with E-state index in [1.54, 1.807) is 7.11 Å². The predicted octanol–water partition coefficient (Wildman–Crippen LogP) is 2.43. The number of amides is 1. The third-order valence-electron chi connectivity index (χ3n) is 3.05. The third-order valence-corrected chi connectivity index (χ3v) is 3.72. The summed E-state index contributed by atoms with van der Waals surface area (Å²) in [5.74, 6) is 0.0725. The van der Waals surface area contributed by atoms with E-state index >= 15 is 0 Å². The molecule has 0 fully saturated rings. The molecule has 2 rings (SSSR count). The standard InChI is InChI=1S/C13H16INO2/c1-17-7-6-13(16)15-12-5-2-9-8-10(14)3-4-11(9)12/h3-4,8,12H,2,5-7H2,1H3,(H,15,16). The zero-order chi connectivity index (χ0) is 12.3. The Balaban J connectivity index is 2.00. The van der Waals surface area contributed by atoms with Gasteiger partial charge in [0, 0.05) is 17.1 Å². The summed E-state index contributed by atoms with van der Waals surface area (Å²) in [5, 5.41) is 3.07. The number of ether oxygens (including phenoxy) is 1. The number of hydrogen-bond donors (Lipinski definition) is 1. The highest BCUT2D eigenvalue weighted by Crippen LogP contribution is 2.32. The second-order valence-electron chi connectivity index (χ2n) is 4.24. The molecule has 0 spiro atoms. The topological polar surface area (TPSA) is 38.3 Å². The molecule has 0 aromatic heterocycles. The lowest BCUT2D eigenvalue weighted by Crippen LogP contribution is -2.27. The minimum absolute atomic E-state index is 0.0725. The average Bonchev–Trinajstić information content (AvgIpc) is 2.69. The van der Waals surface area contributed by atoms with Gasteiger partial charge in [-0.3, -0.25) is 4.79 Å². The monoisotopic (exact) mass is 345 g/mol. The average molecular weight is 345 g/mol. The van der Waals surface area contributed by atoms with Crippen molar-refractivity contribution < 1.29 is 9.53 Å². The Hall–Kier alpha value is -0.620.